The maximum absolute atomic E-state index is 12.8. The Morgan fingerprint density at radius 1 is 1.16 bits per heavy atom. The van der Waals surface area contributed by atoms with E-state index in [1.165, 1.54) is 23.1 Å². The number of carbonyl (C=O) groups excluding carboxylic acids is 1. The summed E-state index contributed by atoms with van der Waals surface area (Å²) in [6.07, 6.45) is 0. The number of carbonyl (C=O) groups is 1. The molecule has 2 aromatic heterocycles. The van der Waals surface area contributed by atoms with Gasteiger partial charge in [0.05, 0.1) is 22.4 Å². The largest absolute Gasteiger partial charge is 0.349 e. The third-order valence-electron chi connectivity index (χ3n) is 5.15. The lowest BCUT2D eigenvalue weighted by atomic mass is 10.1. The summed E-state index contributed by atoms with van der Waals surface area (Å²) in [5.41, 5.74) is 2.72. The third-order valence-corrected chi connectivity index (χ3v) is 7.42. The van der Waals surface area contributed by atoms with Gasteiger partial charge in [-0.3, -0.25) is 9.59 Å². The molecule has 4 rings (SSSR count). The van der Waals surface area contributed by atoms with Crippen LogP contribution in [0.2, 0.25) is 5.02 Å². The van der Waals surface area contributed by atoms with Crippen molar-refractivity contribution in [3.05, 3.63) is 86.7 Å². The molecule has 2 heterocycles. The minimum Gasteiger partial charge on any atom is -0.349 e. The van der Waals surface area contributed by atoms with Crippen molar-refractivity contribution in [3.63, 3.8) is 0 Å². The van der Waals surface area contributed by atoms with Gasteiger partial charge in [0.25, 0.3) is 5.56 Å². The van der Waals surface area contributed by atoms with Crippen molar-refractivity contribution >= 4 is 50.8 Å². The summed E-state index contributed by atoms with van der Waals surface area (Å²) in [6, 6.07) is 17.1. The van der Waals surface area contributed by atoms with E-state index in [9.17, 15) is 9.59 Å². The Morgan fingerprint density at radius 3 is 2.59 bits per heavy atom. The van der Waals surface area contributed by atoms with Crippen LogP contribution in [0.1, 0.15) is 31.3 Å². The lowest BCUT2D eigenvalue weighted by Crippen LogP contribution is -2.33. The molecular weight excluding hydrogens is 462 g/mol. The van der Waals surface area contributed by atoms with Crippen molar-refractivity contribution in [2.75, 3.05) is 0 Å². The Hall–Kier alpha value is -2.61. The van der Waals surface area contributed by atoms with Gasteiger partial charge in [-0.2, -0.15) is 0 Å². The van der Waals surface area contributed by atoms with Gasteiger partial charge >= 0.3 is 0 Å². The smallest absolute Gasteiger partial charge is 0.260 e. The van der Waals surface area contributed by atoms with Crippen molar-refractivity contribution in [1.29, 1.82) is 0 Å². The van der Waals surface area contributed by atoms with Gasteiger partial charge < -0.3 is 10.3 Å². The molecule has 0 aliphatic heterocycles. The number of nitrogens with zero attached hydrogens (tertiary/aromatic N) is 1. The average molecular weight is 484 g/mol. The number of hydrogen-bond donors (Lipinski definition) is 2. The van der Waals surface area contributed by atoms with E-state index in [0.29, 0.717) is 26.8 Å². The van der Waals surface area contributed by atoms with Gasteiger partial charge in [0.15, 0.2) is 0 Å². The number of H-pyrrole nitrogens is 1. The van der Waals surface area contributed by atoms with Gasteiger partial charge in [0.2, 0.25) is 5.91 Å². The number of nitrogens with one attached hydrogen (secondary N) is 2. The molecule has 0 aliphatic carbocycles. The van der Waals surface area contributed by atoms with Crippen molar-refractivity contribution in [2.45, 2.75) is 30.9 Å². The summed E-state index contributed by atoms with van der Waals surface area (Å²) in [5, 5.41) is 5.96. The van der Waals surface area contributed by atoms with Gasteiger partial charge in [-0.05, 0) is 37.1 Å². The zero-order valence-corrected chi connectivity index (χ0v) is 20.0. The molecule has 5 nitrogen and oxygen atoms in total. The average Bonchev–Trinajstić information content (AvgIpc) is 3.23. The Labute approximate surface area is 199 Å². The molecule has 0 saturated carbocycles. The zero-order valence-electron chi connectivity index (χ0n) is 17.6. The molecule has 1 amide bonds. The molecule has 0 radical (unpaired) electrons. The Kier molecular flexibility index (Phi) is 6.98. The van der Waals surface area contributed by atoms with Crippen LogP contribution < -0.4 is 10.9 Å². The fourth-order valence-electron chi connectivity index (χ4n) is 3.34. The second kappa shape index (κ2) is 9.90. The lowest BCUT2D eigenvalue weighted by Gasteiger charge is -2.17. The highest BCUT2D eigenvalue weighted by Gasteiger charge is 2.18. The monoisotopic (exact) mass is 483 g/mol. The number of halogens is 1. The van der Waals surface area contributed by atoms with Crippen LogP contribution in [-0.2, 0) is 10.5 Å². The van der Waals surface area contributed by atoms with Gasteiger partial charge in [0, 0.05) is 16.0 Å². The molecule has 0 saturated heterocycles. The van der Waals surface area contributed by atoms with E-state index in [-0.39, 0.29) is 22.8 Å². The van der Waals surface area contributed by atoms with E-state index in [1.807, 2.05) is 73.8 Å². The Morgan fingerprint density at radius 2 is 1.88 bits per heavy atom. The highest BCUT2D eigenvalue weighted by atomic mass is 35.5. The summed E-state index contributed by atoms with van der Waals surface area (Å²) in [6.45, 7) is 3.79. The molecule has 0 bridgehead atoms. The van der Waals surface area contributed by atoms with Crippen LogP contribution in [-0.4, -0.2) is 21.1 Å². The van der Waals surface area contributed by atoms with Crippen LogP contribution >= 0.6 is 34.7 Å². The SMILES string of the molecule is CC(SCc1nc2scc(-c3ccccc3)c2c(=O)[nH]1)C(=O)NC(C)c1ccc(Cl)cc1. The van der Waals surface area contributed by atoms with Crippen molar-refractivity contribution in [1.82, 2.24) is 15.3 Å². The first-order valence-electron chi connectivity index (χ1n) is 10.2. The molecular formula is C24H22ClN3O2S2. The van der Waals surface area contributed by atoms with Crippen LogP contribution in [0.4, 0.5) is 0 Å². The van der Waals surface area contributed by atoms with Gasteiger partial charge in [-0.15, -0.1) is 23.1 Å². The summed E-state index contributed by atoms with van der Waals surface area (Å²) < 4.78 is 0. The minimum absolute atomic E-state index is 0.0663. The second-order valence-electron chi connectivity index (χ2n) is 7.44. The number of hydrogen-bond acceptors (Lipinski definition) is 5. The number of rotatable bonds is 7. The summed E-state index contributed by atoms with van der Waals surface area (Å²) in [5.74, 6) is 0.941. The van der Waals surface area contributed by atoms with Crippen LogP contribution in [0.5, 0.6) is 0 Å². The number of aromatic nitrogens is 2. The number of amides is 1. The van der Waals surface area contributed by atoms with Crippen LogP contribution in [0.15, 0.2) is 64.8 Å². The lowest BCUT2D eigenvalue weighted by molar-refractivity contribution is -0.120. The standard InChI is InChI=1S/C24H22ClN3O2S2/c1-14(16-8-10-18(25)11-9-16)26-22(29)15(2)31-13-20-27-23(30)21-19(12-32-24(21)28-20)17-6-4-3-5-7-17/h3-12,14-15H,13H2,1-2H3,(H,26,29)(H,27,28,30). The maximum Gasteiger partial charge on any atom is 0.260 e. The van der Waals surface area contributed by atoms with Crippen molar-refractivity contribution in [3.8, 4) is 11.1 Å². The molecule has 2 atom stereocenters. The molecule has 2 aromatic carbocycles. The van der Waals surface area contributed by atoms with Crippen LogP contribution in [0.3, 0.4) is 0 Å². The first-order valence-corrected chi connectivity index (χ1v) is 12.5. The molecule has 164 valence electrons. The van der Waals surface area contributed by atoms with E-state index >= 15 is 0 Å². The Balaban J connectivity index is 1.42. The fraction of sp³-hybridized carbons (Fsp3) is 0.208. The van der Waals surface area contributed by atoms with Gasteiger partial charge in [0.1, 0.15) is 10.7 Å². The number of benzene rings is 2. The normalized spacial score (nSPS) is 13.1. The summed E-state index contributed by atoms with van der Waals surface area (Å²) in [7, 11) is 0. The highest BCUT2D eigenvalue weighted by molar-refractivity contribution is 7.99. The van der Waals surface area contributed by atoms with Crippen molar-refractivity contribution in [2.24, 2.45) is 0 Å². The fourth-order valence-corrected chi connectivity index (χ4v) is 5.19. The van der Waals surface area contributed by atoms with Gasteiger partial charge in [-0.25, -0.2) is 4.98 Å². The highest BCUT2D eigenvalue weighted by Crippen LogP contribution is 2.31. The molecule has 4 aromatic rings. The van der Waals surface area contributed by atoms with E-state index in [2.05, 4.69) is 15.3 Å². The molecule has 0 spiro atoms. The minimum atomic E-state index is -0.297. The molecule has 2 unspecified atom stereocenters. The molecule has 0 aliphatic rings. The first-order chi connectivity index (χ1) is 15.4. The molecule has 8 heteroatoms. The summed E-state index contributed by atoms with van der Waals surface area (Å²) >= 11 is 8.82. The predicted octanol–water partition coefficient (Wildman–Crippen LogP) is 5.80. The number of fused-ring (bicyclic) bond motifs is 1. The summed E-state index contributed by atoms with van der Waals surface area (Å²) in [4.78, 5) is 33.6. The molecule has 0 fully saturated rings. The quantitative estimate of drug-likeness (QED) is 0.348. The van der Waals surface area contributed by atoms with E-state index in [0.717, 1.165) is 16.7 Å². The zero-order chi connectivity index (χ0) is 22.7. The maximum atomic E-state index is 12.8. The predicted molar refractivity (Wildman–Crippen MR) is 134 cm³/mol. The van der Waals surface area contributed by atoms with E-state index in [1.54, 1.807) is 0 Å². The van der Waals surface area contributed by atoms with Crippen LogP contribution in [0, 0.1) is 0 Å². The number of aromatic amines is 1. The number of thioether (sulfide) groups is 1. The third kappa shape index (κ3) is 5.06. The molecule has 2 N–H and O–H groups in total. The van der Waals surface area contributed by atoms with Crippen LogP contribution in [0.25, 0.3) is 21.3 Å². The van der Waals surface area contributed by atoms with Gasteiger partial charge in [-0.1, -0.05) is 54.1 Å². The Bertz CT molecular complexity index is 1290. The van der Waals surface area contributed by atoms with E-state index in [4.69, 9.17) is 11.6 Å². The van der Waals surface area contributed by atoms with Crippen molar-refractivity contribution < 1.29 is 4.79 Å². The second-order valence-corrected chi connectivity index (χ2v) is 10.1. The van der Waals surface area contributed by atoms with E-state index < -0.39 is 0 Å². The number of thiophene rings is 1. The first kappa shape index (κ1) is 22.6. The molecule has 32 heavy (non-hydrogen) atoms. The topological polar surface area (TPSA) is 74.8 Å².